The topological polar surface area (TPSA) is 0 Å². The van der Waals surface area contributed by atoms with Gasteiger partial charge in [0.05, 0.1) is 0 Å². The van der Waals surface area contributed by atoms with Gasteiger partial charge in [0.2, 0.25) is 0 Å². The molecule has 0 N–H and O–H groups in total. The lowest BCUT2D eigenvalue weighted by Crippen LogP contribution is -1.93. The molecule has 0 amide bonds. The summed E-state index contributed by atoms with van der Waals surface area (Å²) in [6.45, 7) is 5.85. The van der Waals surface area contributed by atoms with Crippen molar-refractivity contribution in [2.75, 3.05) is 0 Å². The van der Waals surface area contributed by atoms with Crippen molar-refractivity contribution < 1.29 is 0 Å². The minimum Gasteiger partial charge on any atom is -0.123 e. The molecule has 49 valence electrons. The lowest BCUT2D eigenvalue weighted by Gasteiger charge is -2.01. The number of hydrogen-bond acceptors (Lipinski definition) is 0. The number of rotatable bonds is 4. The van der Waals surface area contributed by atoms with Gasteiger partial charge < -0.3 is 0 Å². The van der Waals surface area contributed by atoms with E-state index in [1.807, 2.05) is 0 Å². The third kappa shape index (κ3) is 4.45. The van der Waals surface area contributed by atoms with Crippen LogP contribution in [0.25, 0.3) is 0 Å². The van der Waals surface area contributed by atoms with Gasteiger partial charge in [-0.1, -0.05) is 26.7 Å². The van der Waals surface area contributed by atoms with Crippen LogP contribution >= 0.6 is 11.6 Å². The minimum atomic E-state index is 0.386. The summed E-state index contributed by atoms with van der Waals surface area (Å²) in [6.07, 6.45) is 4.40. The maximum atomic E-state index is 5.82. The second-order valence-electron chi connectivity index (χ2n) is 2.00. The smallest absolute Gasteiger partial charge is 0.0333 e. The fourth-order valence-electron chi connectivity index (χ4n) is 0.570. The second kappa shape index (κ2) is 5.43. The average Bonchev–Trinajstić information content (AvgIpc) is 1.83. The first-order chi connectivity index (χ1) is 3.81. The molecule has 0 aromatic rings. The van der Waals surface area contributed by atoms with Gasteiger partial charge in [-0.25, -0.2) is 0 Å². The van der Waals surface area contributed by atoms with E-state index in [0.717, 1.165) is 19.3 Å². The van der Waals surface area contributed by atoms with E-state index in [-0.39, 0.29) is 0 Å². The molecule has 0 bridgehead atoms. The Bertz CT molecular complexity index is 43.7. The summed E-state index contributed by atoms with van der Waals surface area (Å²) >= 11 is 5.82. The lowest BCUT2D eigenvalue weighted by atomic mass is 10.2. The largest absolute Gasteiger partial charge is 0.123 e. The Balaban J connectivity index is 2.86. The summed E-state index contributed by atoms with van der Waals surface area (Å²) in [4.78, 5) is 0. The first kappa shape index (κ1) is 8.29. The van der Waals surface area contributed by atoms with Crippen molar-refractivity contribution in [3.63, 3.8) is 0 Å². The quantitative estimate of drug-likeness (QED) is 0.518. The highest BCUT2D eigenvalue weighted by Gasteiger charge is 1.97. The normalized spacial score (nSPS) is 13.9. The fraction of sp³-hybridized carbons (Fsp3) is 0.857. The van der Waals surface area contributed by atoms with Crippen LogP contribution in [0.2, 0.25) is 0 Å². The summed E-state index contributed by atoms with van der Waals surface area (Å²) < 4.78 is 0. The Hall–Kier alpha value is 0.290. The molecular formula is C7H14Cl. The molecule has 8 heavy (non-hydrogen) atoms. The maximum absolute atomic E-state index is 5.82. The molecule has 0 aliphatic rings. The standard InChI is InChI=1S/C7H14Cl/c1-3-5-6-7(8)4-2/h7H,1,3-6H2,2H3. The molecule has 0 nitrogen and oxygen atoms in total. The molecular weight excluding hydrogens is 120 g/mol. The van der Waals surface area contributed by atoms with Crippen molar-refractivity contribution >= 4 is 11.6 Å². The minimum absolute atomic E-state index is 0.386. The van der Waals surface area contributed by atoms with Crippen molar-refractivity contribution in [3.05, 3.63) is 6.92 Å². The van der Waals surface area contributed by atoms with Crippen LogP contribution in [0.5, 0.6) is 0 Å². The second-order valence-corrected chi connectivity index (χ2v) is 2.62. The highest BCUT2D eigenvalue weighted by molar-refractivity contribution is 6.20. The van der Waals surface area contributed by atoms with Gasteiger partial charge >= 0.3 is 0 Å². The molecule has 0 saturated carbocycles. The number of alkyl halides is 1. The van der Waals surface area contributed by atoms with E-state index in [2.05, 4.69) is 13.8 Å². The molecule has 1 unspecified atom stereocenters. The van der Waals surface area contributed by atoms with Crippen molar-refractivity contribution in [2.24, 2.45) is 0 Å². The highest BCUT2D eigenvalue weighted by Crippen LogP contribution is 2.09. The van der Waals surface area contributed by atoms with E-state index in [1.54, 1.807) is 0 Å². The molecule has 0 aromatic carbocycles. The van der Waals surface area contributed by atoms with Crippen molar-refractivity contribution in [1.29, 1.82) is 0 Å². The predicted octanol–water partition coefficient (Wildman–Crippen LogP) is 3.01. The van der Waals surface area contributed by atoms with Gasteiger partial charge in [-0.15, -0.1) is 11.6 Å². The van der Waals surface area contributed by atoms with Gasteiger partial charge in [0.1, 0.15) is 0 Å². The first-order valence-electron chi connectivity index (χ1n) is 3.24. The van der Waals surface area contributed by atoms with Crippen LogP contribution in [0.4, 0.5) is 0 Å². The van der Waals surface area contributed by atoms with E-state index in [1.165, 1.54) is 6.42 Å². The van der Waals surface area contributed by atoms with E-state index in [0.29, 0.717) is 5.38 Å². The summed E-state index contributed by atoms with van der Waals surface area (Å²) in [5.74, 6) is 0. The summed E-state index contributed by atoms with van der Waals surface area (Å²) in [5, 5.41) is 0.386. The number of halogens is 1. The van der Waals surface area contributed by atoms with Crippen LogP contribution in [0.15, 0.2) is 0 Å². The van der Waals surface area contributed by atoms with Crippen molar-refractivity contribution in [3.8, 4) is 0 Å². The van der Waals surface area contributed by atoms with Crippen LogP contribution in [0.1, 0.15) is 32.6 Å². The van der Waals surface area contributed by atoms with Gasteiger partial charge in [-0.2, -0.15) is 0 Å². The Morgan fingerprint density at radius 2 is 2.25 bits per heavy atom. The van der Waals surface area contributed by atoms with Gasteiger partial charge in [0.15, 0.2) is 0 Å². The molecule has 0 saturated heterocycles. The third-order valence-corrected chi connectivity index (χ3v) is 1.74. The molecule has 0 aromatic heterocycles. The van der Waals surface area contributed by atoms with E-state index >= 15 is 0 Å². The monoisotopic (exact) mass is 133 g/mol. The first-order valence-corrected chi connectivity index (χ1v) is 3.68. The Morgan fingerprint density at radius 3 is 2.62 bits per heavy atom. The average molecular weight is 134 g/mol. The molecule has 1 heteroatoms. The SMILES string of the molecule is [CH2]CCCC(Cl)CC. The zero-order valence-corrected chi connectivity index (χ0v) is 6.25. The summed E-state index contributed by atoms with van der Waals surface area (Å²) in [7, 11) is 0. The van der Waals surface area contributed by atoms with Crippen LogP contribution in [-0.4, -0.2) is 5.38 Å². The molecule has 1 radical (unpaired) electrons. The van der Waals surface area contributed by atoms with Crippen molar-refractivity contribution in [1.82, 2.24) is 0 Å². The third-order valence-electron chi connectivity index (χ3n) is 1.21. The van der Waals surface area contributed by atoms with E-state index in [9.17, 15) is 0 Å². The van der Waals surface area contributed by atoms with Gasteiger partial charge in [0.25, 0.3) is 0 Å². The molecule has 0 fully saturated rings. The Labute approximate surface area is 57.2 Å². The maximum Gasteiger partial charge on any atom is 0.0333 e. The lowest BCUT2D eigenvalue weighted by molar-refractivity contribution is 0.682. The molecule has 0 heterocycles. The molecule has 0 spiro atoms. The molecule has 0 rings (SSSR count). The van der Waals surface area contributed by atoms with Gasteiger partial charge in [-0.05, 0) is 12.8 Å². The summed E-state index contributed by atoms with van der Waals surface area (Å²) in [5.41, 5.74) is 0. The fourth-order valence-corrected chi connectivity index (χ4v) is 0.724. The van der Waals surface area contributed by atoms with E-state index in [4.69, 9.17) is 11.6 Å². The zero-order chi connectivity index (χ0) is 6.41. The van der Waals surface area contributed by atoms with E-state index < -0.39 is 0 Å². The molecule has 0 aliphatic heterocycles. The zero-order valence-electron chi connectivity index (χ0n) is 5.49. The summed E-state index contributed by atoms with van der Waals surface area (Å²) in [6, 6.07) is 0. The van der Waals surface area contributed by atoms with Crippen LogP contribution in [0, 0.1) is 6.92 Å². The molecule has 0 aliphatic carbocycles. The van der Waals surface area contributed by atoms with Crippen molar-refractivity contribution in [2.45, 2.75) is 38.0 Å². The predicted molar refractivity (Wildman–Crippen MR) is 39.1 cm³/mol. The van der Waals surface area contributed by atoms with Gasteiger partial charge in [-0.3, -0.25) is 0 Å². The Kier molecular flexibility index (Phi) is 5.62. The Morgan fingerprint density at radius 1 is 1.62 bits per heavy atom. The van der Waals surface area contributed by atoms with Crippen LogP contribution in [-0.2, 0) is 0 Å². The number of hydrogen-bond donors (Lipinski definition) is 0. The van der Waals surface area contributed by atoms with Crippen LogP contribution < -0.4 is 0 Å². The molecule has 1 atom stereocenters. The van der Waals surface area contributed by atoms with Crippen LogP contribution in [0.3, 0.4) is 0 Å². The highest BCUT2D eigenvalue weighted by atomic mass is 35.5. The van der Waals surface area contributed by atoms with Gasteiger partial charge in [0, 0.05) is 5.38 Å². The number of unbranched alkanes of at least 4 members (excludes halogenated alkanes) is 1.